The number of aromatic amines is 1. The van der Waals surface area contributed by atoms with Crippen LogP contribution in [0.5, 0.6) is 0 Å². The van der Waals surface area contributed by atoms with E-state index in [9.17, 15) is 4.79 Å². The first-order chi connectivity index (χ1) is 14.6. The van der Waals surface area contributed by atoms with Crippen molar-refractivity contribution in [3.05, 3.63) is 36.5 Å². The Bertz CT molecular complexity index is 1190. The highest BCUT2D eigenvalue weighted by atomic mass is 16.1. The summed E-state index contributed by atoms with van der Waals surface area (Å²) in [6.45, 7) is 2.31. The fourth-order valence-electron chi connectivity index (χ4n) is 4.43. The Kier molecular flexibility index (Phi) is 4.57. The minimum absolute atomic E-state index is 0.0287. The molecule has 154 valence electrons. The molecule has 0 saturated heterocycles. The molecule has 1 aliphatic carbocycles. The van der Waals surface area contributed by atoms with E-state index in [1.807, 2.05) is 22.7 Å². The quantitative estimate of drug-likeness (QED) is 0.480. The number of nitrogens with one attached hydrogen (secondary N) is 2. The molecule has 0 atom stereocenters. The van der Waals surface area contributed by atoms with Crippen LogP contribution in [0.25, 0.3) is 27.9 Å². The monoisotopic (exact) mass is 404 g/mol. The number of nitrogens with two attached hydrogens (primary N) is 1. The third-order valence-corrected chi connectivity index (χ3v) is 5.98. The van der Waals surface area contributed by atoms with Crippen molar-refractivity contribution < 1.29 is 4.79 Å². The number of carbonyl (C=O) groups is 1. The summed E-state index contributed by atoms with van der Waals surface area (Å²) < 4.78 is 1.84. The van der Waals surface area contributed by atoms with Crippen LogP contribution in [0.3, 0.4) is 0 Å². The highest BCUT2D eigenvalue weighted by Gasteiger charge is 2.28. The maximum absolute atomic E-state index is 11.2. The lowest BCUT2D eigenvalue weighted by molar-refractivity contribution is -0.119. The number of hydrogen-bond donors (Lipinski definition) is 3. The molecule has 0 bridgehead atoms. The zero-order chi connectivity index (χ0) is 20.7. The SMILES string of the molecule is CC(=O)NCC1CCC(c2nc(-c3cc4ncccc4[nH]3)c3c(N)ncnn23)CC1. The zero-order valence-corrected chi connectivity index (χ0v) is 16.8. The van der Waals surface area contributed by atoms with Gasteiger partial charge >= 0.3 is 0 Å². The largest absolute Gasteiger partial charge is 0.382 e. The van der Waals surface area contributed by atoms with E-state index in [0.717, 1.165) is 66.0 Å². The molecular formula is C21H24N8O. The van der Waals surface area contributed by atoms with Gasteiger partial charge in [-0.05, 0) is 49.8 Å². The molecule has 0 aromatic carbocycles. The van der Waals surface area contributed by atoms with Crippen molar-refractivity contribution in [1.29, 1.82) is 0 Å². The standard InChI is InChI=1S/C21H24N8O/c1-12(30)24-10-13-4-6-14(7-5-13)21-28-18(19-20(22)25-11-26-29(19)21)17-9-16-15(27-17)3-2-8-23-16/h2-3,8-9,11,13-14,27H,4-7,10H2,1H3,(H,24,30)(H2,22,25,26). The lowest BCUT2D eigenvalue weighted by atomic mass is 9.81. The molecule has 9 heteroatoms. The Hall–Kier alpha value is -3.49. The van der Waals surface area contributed by atoms with Crippen LogP contribution < -0.4 is 11.1 Å². The number of amides is 1. The summed E-state index contributed by atoms with van der Waals surface area (Å²) in [6.07, 6.45) is 7.35. The van der Waals surface area contributed by atoms with Gasteiger partial charge in [-0.2, -0.15) is 5.10 Å². The Morgan fingerprint density at radius 1 is 1.30 bits per heavy atom. The van der Waals surface area contributed by atoms with E-state index in [0.29, 0.717) is 11.7 Å². The van der Waals surface area contributed by atoms with Crippen LogP contribution in [0.15, 0.2) is 30.7 Å². The molecule has 0 aliphatic heterocycles. The summed E-state index contributed by atoms with van der Waals surface area (Å²) in [6, 6.07) is 5.87. The number of fused-ring (bicyclic) bond motifs is 2. The summed E-state index contributed by atoms with van der Waals surface area (Å²) in [5.74, 6) is 2.15. The van der Waals surface area contributed by atoms with Crippen molar-refractivity contribution in [2.75, 3.05) is 12.3 Å². The summed E-state index contributed by atoms with van der Waals surface area (Å²) >= 11 is 0. The lowest BCUT2D eigenvalue weighted by Crippen LogP contribution is -2.29. The first-order valence-electron chi connectivity index (χ1n) is 10.3. The van der Waals surface area contributed by atoms with Crippen LogP contribution in [-0.4, -0.2) is 42.0 Å². The number of nitrogens with zero attached hydrogens (tertiary/aromatic N) is 5. The number of rotatable bonds is 4. The highest BCUT2D eigenvalue weighted by Crippen LogP contribution is 2.38. The number of imidazole rings is 1. The second-order valence-corrected chi connectivity index (χ2v) is 8.00. The van der Waals surface area contributed by atoms with E-state index in [4.69, 9.17) is 10.7 Å². The van der Waals surface area contributed by atoms with Gasteiger partial charge in [-0.25, -0.2) is 14.5 Å². The number of carbonyl (C=O) groups excluding carboxylic acids is 1. The van der Waals surface area contributed by atoms with E-state index >= 15 is 0 Å². The van der Waals surface area contributed by atoms with Crippen LogP contribution in [0.2, 0.25) is 0 Å². The summed E-state index contributed by atoms with van der Waals surface area (Å²) in [5.41, 5.74) is 10.4. The van der Waals surface area contributed by atoms with Crippen LogP contribution in [0, 0.1) is 5.92 Å². The average molecular weight is 404 g/mol. The van der Waals surface area contributed by atoms with Crippen molar-refractivity contribution in [2.24, 2.45) is 5.92 Å². The van der Waals surface area contributed by atoms with Crippen molar-refractivity contribution in [3.8, 4) is 11.4 Å². The number of pyridine rings is 1. The highest BCUT2D eigenvalue weighted by molar-refractivity contribution is 5.89. The van der Waals surface area contributed by atoms with Gasteiger partial charge in [0.15, 0.2) is 5.82 Å². The van der Waals surface area contributed by atoms with Gasteiger partial charge in [-0.3, -0.25) is 9.78 Å². The third-order valence-electron chi connectivity index (χ3n) is 5.98. The maximum atomic E-state index is 11.2. The normalized spacial score (nSPS) is 19.4. The Balaban J connectivity index is 1.50. The summed E-state index contributed by atoms with van der Waals surface area (Å²) in [5, 5.41) is 7.41. The first kappa shape index (κ1) is 18.5. The van der Waals surface area contributed by atoms with E-state index in [-0.39, 0.29) is 11.8 Å². The lowest BCUT2D eigenvalue weighted by Gasteiger charge is -2.27. The van der Waals surface area contributed by atoms with Crippen molar-refractivity contribution in [3.63, 3.8) is 0 Å². The molecule has 1 fully saturated rings. The molecule has 0 spiro atoms. The molecule has 4 N–H and O–H groups in total. The third kappa shape index (κ3) is 3.26. The molecule has 0 radical (unpaired) electrons. The predicted octanol–water partition coefficient (Wildman–Crippen LogP) is 2.66. The van der Waals surface area contributed by atoms with Crippen LogP contribution in [0.4, 0.5) is 5.82 Å². The first-order valence-corrected chi connectivity index (χ1v) is 10.3. The van der Waals surface area contributed by atoms with Crippen LogP contribution >= 0.6 is 0 Å². The Labute approximate surface area is 173 Å². The molecule has 30 heavy (non-hydrogen) atoms. The number of nitrogen functional groups attached to an aromatic ring is 1. The molecule has 4 aromatic heterocycles. The Morgan fingerprint density at radius 3 is 2.90 bits per heavy atom. The van der Waals surface area contributed by atoms with Gasteiger partial charge in [0.05, 0.1) is 16.7 Å². The number of aromatic nitrogens is 6. The van der Waals surface area contributed by atoms with E-state index in [1.165, 1.54) is 6.33 Å². The molecule has 4 aromatic rings. The smallest absolute Gasteiger partial charge is 0.216 e. The van der Waals surface area contributed by atoms with Gasteiger partial charge < -0.3 is 16.0 Å². The molecule has 0 unspecified atom stereocenters. The topological polar surface area (TPSA) is 127 Å². The second-order valence-electron chi connectivity index (χ2n) is 8.00. The van der Waals surface area contributed by atoms with Crippen molar-refractivity contribution in [1.82, 2.24) is 34.9 Å². The fourth-order valence-corrected chi connectivity index (χ4v) is 4.43. The zero-order valence-electron chi connectivity index (χ0n) is 16.8. The van der Waals surface area contributed by atoms with Crippen LogP contribution in [0.1, 0.15) is 44.3 Å². The van der Waals surface area contributed by atoms with Crippen molar-refractivity contribution in [2.45, 2.75) is 38.5 Å². The summed E-state index contributed by atoms with van der Waals surface area (Å²) in [4.78, 5) is 28.2. The van der Waals surface area contributed by atoms with Crippen molar-refractivity contribution >= 4 is 28.3 Å². The number of hydrogen-bond acceptors (Lipinski definition) is 6. The summed E-state index contributed by atoms with van der Waals surface area (Å²) in [7, 11) is 0. The maximum Gasteiger partial charge on any atom is 0.216 e. The molecule has 1 aliphatic rings. The molecule has 4 heterocycles. The molecule has 1 amide bonds. The molecule has 9 nitrogen and oxygen atoms in total. The van der Waals surface area contributed by atoms with Gasteiger partial charge in [0.2, 0.25) is 5.91 Å². The number of H-pyrrole nitrogens is 1. The minimum atomic E-state index is 0.0287. The van der Waals surface area contributed by atoms with Crippen LogP contribution in [-0.2, 0) is 4.79 Å². The van der Waals surface area contributed by atoms with Gasteiger partial charge in [-0.1, -0.05) is 0 Å². The van der Waals surface area contributed by atoms with E-state index in [2.05, 4.69) is 25.4 Å². The average Bonchev–Trinajstić information content (AvgIpc) is 3.35. The molecular weight excluding hydrogens is 380 g/mol. The van der Waals surface area contributed by atoms with Gasteiger partial charge in [0.1, 0.15) is 23.4 Å². The van der Waals surface area contributed by atoms with Gasteiger partial charge in [-0.15, -0.1) is 0 Å². The number of anilines is 1. The van der Waals surface area contributed by atoms with Gasteiger partial charge in [0, 0.05) is 25.6 Å². The van der Waals surface area contributed by atoms with E-state index in [1.54, 1.807) is 13.1 Å². The molecule has 1 saturated carbocycles. The van der Waals surface area contributed by atoms with Gasteiger partial charge in [0.25, 0.3) is 0 Å². The van der Waals surface area contributed by atoms with E-state index < -0.39 is 0 Å². The molecule has 5 rings (SSSR count). The predicted molar refractivity (Wildman–Crippen MR) is 114 cm³/mol. The Morgan fingerprint density at radius 2 is 2.13 bits per heavy atom. The second kappa shape index (κ2) is 7.40. The minimum Gasteiger partial charge on any atom is -0.382 e. The fraction of sp³-hybridized carbons (Fsp3) is 0.381.